The largest absolute Gasteiger partial charge is 0.384 e. The van der Waals surface area contributed by atoms with Gasteiger partial charge in [-0.2, -0.15) is 0 Å². The maximum absolute atomic E-state index is 14.4. The van der Waals surface area contributed by atoms with Crippen molar-refractivity contribution in [3.8, 4) is 11.3 Å². The molecule has 1 aromatic heterocycles. The fourth-order valence-corrected chi connectivity index (χ4v) is 4.04. The first-order valence-electron chi connectivity index (χ1n) is 9.55. The average molecular weight is 402 g/mol. The van der Waals surface area contributed by atoms with Crippen molar-refractivity contribution in [2.24, 2.45) is 5.92 Å². The quantitative estimate of drug-likeness (QED) is 0.598. The number of aliphatic hydroxyl groups excluding tert-OH is 1. The highest BCUT2D eigenvalue weighted by molar-refractivity contribution is 5.92. The highest BCUT2D eigenvalue weighted by Gasteiger charge is 2.35. The molecule has 3 N–H and O–H groups in total. The van der Waals surface area contributed by atoms with E-state index in [-0.39, 0.29) is 23.2 Å². The highest BCUT2D eigenvalue weighted by atomic mass is 19.1. The summed E-state index contributed by atoms with van der Waals surface area (Å²) in [7, 11) is 0. The molecule has 2 aromatic carbocycles. The van der Waals surface area contributed by atoms with E-state index in [1.807, 2.05) is 0 Å². The Kier molecular flexibility index (Phi) is 5.08. The minimum absolute atomic E-state index is 0.0541. The fourth-order valence-electron chi connectivity index (χ4n) is 4.04. The molecule has 1 heterocycles. The third-order valence-corrected chi connectivity index (χ3v) is 5.59. The van der Waals surface area contributed by atoms with E-state index in [1.165, 1.54) is 25.1 Å². The van der Waals surface area contributed by atoms with Crippen molar-refractivity contribution in [2.75, 3.05) is 6.54 Å². The summed E-state index contributed by atoms with van der Waals surface area (Å²) in [5.74, 6) is -1.85. The first-order valence-corrected chi connectivity index (χ1v) is 9.55. The van der Waals surface area contributed by atoms with E-state index >= 15 is 0 Å². The van der Waals surface area contributed by atoms with Crippen LogP contribution in [0, 0.1) is 23.4 Å². The van der Waals surface area contributed by atoms with E-state index in [9.17, 15) is 23.1 Å². The Labute approximate surface area is 165 Å². The van der Waals surface area contributed by atoms with E-state index in [4.69, 9.17) is 0 Å². The van der Waals surface area contributed by atoms with Crippen LogP contribution in [0.25, 0.3) is 22.2 Å². The van der Waals surface area contributed by atoms with Crippen LogP contribution in [-0.2, 0) is 4.79 Å². The Bertz CT molecular complexity index is 1050. The van der Waals surface area contributed by atoms with Crippen LogP contribution >= 0.6 is 0 Å². The molecule has 1 aliphatic rings. The molecule has 0 saturated heterocycles. The summed E-state index contributed by atoms with van der Waals surface area (Å²) < 4.78 is 41.6. The number of aromatic amines is 1. The van der Waals surface area contributed by atoms with Crippen LogP contribution in [0.1, 0.15) is 31.2 Å². The van der Waals surface area contributed by atoms with Gasteiger partial charge in [-0.3, -0.25) is 4.79 Å². The number of amides is 1. The van der Waals surface area contributed by atoms with Gasteiger partial charge in [-0.15, -0.1) is 0 Å². The molecule has 1 amide bonds. The number of benzene rings is 2. The van der Waals surface area contributed by atoms with Crippen molar-refractivity contribution in [1.82, 2.24) is 10.3 Å². The smallest absolute Gasteiger partial charge is 0.248 e. The molecule has 0 spiro atoms. The number of carbonyl (C=O) groups is 1. The molecule has 0 aliphatic heterocycles. The van der Waals surface area contributed by atoms with Crippen molar-refractivity contribution in [3.05, 3.63) is 59.4 Å². The molecule has 152 valence electrons. The number of hydrogen-bond acceptors (Lipinski definition) is 2. The Morgan fingerprint density at radius 2 is 1.86 bits per heavy atom. The van der Waals surface area contributed by atoms with E-state index in [1.54, 1.807) is 12.1 Å². The van der Waals surface area contributed by atoms with Gasteiger partial charge in [0.05, 0.1) is 11.2 Å². The number of halogens is 3. The van der Waals surface area contributed by atoms with Crippen LogP contribution in [0.2, 0.25) is 0 Å². The van der Waals surface area contributed by atoms with E-state index < -0.39 is 23.6 Å². The third kappa shape index (κ3) is 3.74. The Balaban J connectivity index is 1.65. The molecule has 0 bridgehead atoms. The number of aliphatic hydroxyl groups is 1. The molecule has 1 unspecified atom stereocenters. The monoisotopic (exact) mass is 402 g/mol. The second-order valence-corrected chi connectivity index (χ2v) is 7.69. The first-order chi connectivity index (χ1) is 13.8. The zero-order valence-electron chi connectivity index (χ0n) is 15.8. The summed E-state index contributed by atoms with van der Waals surface area (Å²) in [6.07, 6.45) is 0.411. The predicted molar refractivity (Wildman–Crippen MR) is 104 cm³/mol. The van der Waals surface area contributed by atoms with Gasteiger partial charge in [0.15, 0.2) is 0 Å². The Hall–Kier alpha value is -2.80. The number of hydrogen-bond donors (Lipinski definition) is 3. The van der Waals surface area contributed by atoms with E-state index in [0.717, 1.165) is 24.5 Å². The van der Waals surface area contributed by atoms with Gasteiger partial charge in [0.2, 0.25) is 5.91 Å². The number of nitrogens with one attached hydrogen (secondary N) is 2. The van der Waals surface area contributed by atoms with Crippen molar-refractivity contribution in [2.45, 2.75) is 31.8 Å². The van der Waals surface area contributed by atoms with Crippen molar-refractivity contribution < 1.29 is 23.1 Å². The molecule has 4 nitrogen and oxygen atoms in total. The SMILES string of the molecule is CC(O)C(=O)NC[C@H]1C[C@@H](c2c(-c3ccc(F)cc3)[nH]c3c(F)cc(F)cc32)C1. The number of fused-ring (bicyclic) bond motifs is 1. The zero-order chi connectivity index (χ0) is 20.7. The molecule has 29 heavy (non-hydrogen) atoms. The zero-order valence-corrected chi connectivity index (χ0v) is 15.8. The van der Waals surface area contributed by atoms with Crippen molar-refractivity contribution >= 4 is 16.8 Å². The summed E-state index contributed by atoms with van der Waals surface area (Å²) >= 11 is 0. The van der Waals surface area contributed by atoms with Gasteiger partial charge >= 0.3 is 0 Å². The standard InChI is InChI=1S/C22H21F3N2O2/c1-11(28)22(29)26-10-12-6-14(7-12)19-17-8-16(24)9-18(25)21(17)27-20(19)13-2-4-15(23)5-3-13/h2-5,8-9,11-12,14,27-28H,6-7,10H2,1H3,(H,26,29)/t11?,12-,14+. The number of H-pyrrole nitrogens is 1. The topological polar surface area (TPSA) is 65.1 Å². The molecular weight excluding hydrogens is 381 g/mol. The molecule has 1 aliphatic carbocycles. The van der Waals surface area contributed by atoms with Gasteiger partial charge in [-0.1, -0.05) is 0 Å². The van der Waals surface area contributed by atoms with E-state index in [0.29, 0.717) is 23.2 Å². The average Bonchev–Trinajstić information content (AvgIpc) is 3.00. The maximum Gasteiger partial charge on any atom is 0.248 e. The number of aromatic nitrogens is 1. The normalized spacial score (nSPS) is 19.8. The lowest BCUT2D eigenvalue weighted by atomic mass is 9.70. The minimum Gasteiger partial charge on any atom is -0.384 e. The highest BCUT2D eigenvalue weighted by Crippen LogP contribution is 2.48. The summed E-state index contributed by atoms with van der Waals surface area (Å²) in [5, 5.41) is 12.4. The number of rotatable bonds is 5. The van der Waals surface area contributed by atoms with Crippen molar-refractivity contribution in [3.63, 3.8) is 0 Å². The van der Waals surface area contributed by atoms with Crippen LogP contribution in [-0.4, -0.2) is 28.6 Å². The van der Waals surface area contributed by atoms with Crippen LogP contribution in [0.15, 0.2) is 36.4 Å². The van der Waals surface area contributed by atoms with Crippen molar-refractivity contribution in [1.29, 1.82) is 0 Å². The van der Waals surface area contributed by atoms with Crippen LogP contribution < -0.4 is 5.32 Å². The molecule has 3 aromatic rings. The summed E-state index contributed by atoms with van der Waals surface area (Å²) in [4.78, 5) is 14.6. The molecule has 4 rings (SSSR count). The lowest BCUT2D eigenvalue weighted by molar-refractivity contribution is -0.128. The van der Waals surface area contributed by atoms with Crippen LogP contribution in [0.5, 0.6) is 0 Å². The summed E-state index contributed by atoms with van der Waals surface area (Å²) in [5.41, 5.74) is 2.39. The van der Waals surface area contributed by atoms with Gasteiger partial charge < -0.3 is 15.4 Å². The first kappa shape index (κ1) is 19.5. The lowest BCUT2D eigenvalue weighted by Gasteiger charge is -2.36. The Morgan fingerprint density at radius 1 is 1.17 bits per heavy atom. The third-order valence-electron chi connectivity index (χ3n) is 5.59. The molecule has 1 fully saturated rings. The van der Waals surface area contributed by atoms with Gasteiger partial charge in [0.1, 0.15) is 23.6 Å². The molecule has 0 radical (unpaired) electrons. The molecular formula is C22H21F3N2O2. The maximum atomic E-state index is 14.4. The second-order valence-electron chi connectivity index (χ2n) is 7.69. The van der Waals surface area contributed by atoms with Gasteiger partial charge in [-0.25, -0.2) is 13.2 Å². The molecule has 7 heteroatoms. The van der Waals surface area contributed by atoms with E-state index in [2.05, 4.69) is 10.3 Å². The number of carbonyl (C=O) groups excluding carboxylic acids is 1. The fraction of sp³-hybridized carbons (Fsp3) is 0.318. The second kappa shape index (κ2) is 7.55. The lowest BCUT2D eigenvalue weighted by Crippen LogP contribution is -2.39. The molecule has 1 saturated carbocycles. The molecule has 1 atom stereocenters. The minimum atomic E-state index is -1.06. The summed E-state index contributed by atoms with van der Waals surface area (Å²) in [6.45, 7) is 1.85. The predicted octanol–water partition coefficient (Wildman–Crippen LogP) is 4.24. The van der Waals surface area contributed by atoms with Gasteiger partial charge in [0.25, 0.3) is 0 Å². The van der Waals surface area contributed by atoms with Crippen LogP contribution in [0.4, 0.5) is 13.2 Å². The van der Waals surface area contributed by atoms with Gasteiger partial charge in [-0.05, 0) is 73.1 Å². The van der Waals surface area contributed by atoms with Gasteiger partial charge in [0, 0.05) is 18.0 Å². The summed E-state index contributed by atoms with van der Waals surface area (Å²) in [6, 6.07) is 8.03. The van der Waals surface area contributed by atoms with Crippen LogP contribution in [0.3, 0.4) is 0 Å². The Morgan fingerprint density at radius 3 is 2.52 bits per heavy atom.